The van der Waals surface area contributed by atoms with Crippen LogP contribution in [0.25, 0.3) is 120 Å². The molecule has 0 bridgehead atoms. The average molecular weight is 1240 g/mol. The second-order valence-corrected chi connectivity index (χ2v) is 24.3. The summed E-state index contributed by atoms with van der Waals surface area (Å²) in [5.74, 6) is 3.90. The van der Waals surface area contributed by atoms with Gasteiger partial charge in [-0.25, -0.2) is 29.9 Å². The van der Waals surface area contributed by atoms with Gasteiger partial charge < -0.3 is 9.31 Å². The zero-order valence-electron chi connectivity index (χ0n) is 46.3. The van der Waals surface area contributed by atoms with Crippen LogP contribution < -0.4 is 5.46 Å². The molecule has 0 atom stereocenters. The molecule has 0 spiro atoms. The van der Waals surface area contributed by atoms with Gasteiger partial charge >= 0.3 is 7.12 Å². The van der Waals surface area contributed by atoms with Gasteiger partial charge in [0.1, 0.15) is 0 Å². The molecular formula is C70H52BIN8O2S2. The molecule has 0 saturated carbocycles. The van der Waals surface area contributed by atoms with Crippen molar-refractivity contribution in [3.8, 4) is 79.5 Å². The Balaban J connectivity index is 0.000000128. The van der Waals surface area contributed by atoms with Crippen molar-refractivity contribution in [2.45, 2.75) is 38.9 Å². The van der Waals surface area contributed by atoms with E-state index < -0.39 is 7.12 Å². The van der Waals surface area contributed by atoms with E-state index in [4.69, 9.17) is 39.2 Å². The third-order valence-electron chi connectivity index (χ3n) is 15.0. The summed E-state index contributed by atoms with van der Waals surface area (Å²) in [4.78, 5) is 37.9. The molecule has 406 valence electrons. The lowest BCUT2D eigenvalue weighted by atomic mass is 9.79. The summed E-state index contributed by atoms with van der Waals surface area (Å²) < 4.78 is 18.7. The van der Waals surface area contributed by atoms with E-state index in [-0.39, 0.29) is 11.2 Å². The predicted molar refractivity (Wildman–Crippen MR) is 354 cm³/mol. The van der Waals surface area contributed by atoms with Crippen LogP contribution in [0.4, 0.5) is 0 Å². The summed E-state index contributed by atoms with van der Waals surface area (Å²) in [6, 6.07) is 77.6. The molecule has 0 amide bonds. The van der Waals surface area contributed by atoms with Crippen molar-refractivity contribution in [3.05, 3.63) is 246 Å². The Morgan fingerprint density at radius 3 is 1.08 bits per heavy atom. The third-order valence-corrected chi connectivity index (χ3v) is 18.7. The van der Waals surface area contributed by atoms with E-state index in [9.17, 15) is 0 Å². The largest absolute Gasteiger partial charge is 0.494 e. The smallest absolute Gasteiger partial charge is 0.399 e. The fourth-order valence-electron chi connectivity index (χ4n) is 9.85. The Morgan fingerprint density at radius 1 is 0.345 bits per heavy atom. The number of halogens is 1. The number of hydrogen-bond donors (Lipinski definition) is 0. The van der Waals surface area contributed by atoms with Gasteiger partial charge in [-0.3, -0.25) is 9.97 Å². The van der Waals surface area contributed by atoms with E-state index in [0.29, 0.717) is 34.9 Å². The van der Waals surface area contributed by atoms with Crippen LogP contribution in [0.15, 0.2) is 243 Å². The highest BCUT2D eigenvalue weighted by molar-refractivity contribution is 14.1. The van der Waals surface area contributed by atoms with Crippen molar-refractivity contribution < 1.29 is 9.31 Å². The van der Waals surface area contributed by atoms with Gasteiger partial charge in [0.2, 0.25) is 0 Å². The monoisotopic (exact) mass is 1240 g/mol. The molecule has 8 aromatic carbocycles. The Kier molecular flexibility index (Phi) is 15.2. The zero-order valence-corrected chi connectivity index (χ0v) is 50.1. The number of fused-ring (bicyclic) bond motifs is 6. The number of benzene rings is 8. The molecule has 1 fully saturated rings. The van der Waals surface area contributed by atoms with Crippen LogP contribution in [0, 0.1) is 3.57 Å². The minimum Gasteiger partial charge on any atom is -0.399 e. The molecule has 14 heteroatoms. The Hall–Kier alpha value is -8.77. The first kappa shape index (κ1) is 54.5. The van der Waals surface area contributed by atoms with Crippen molar-refractivity contribution in [2.24, 2.45) is 0 Å². The van der Waals surface area contributed by atoms with Gasteiger partial charge in [-0.05, 0) is 85.6 Å². The predicted octanol–water partition coefficient (Wildman–Crippen LogP) is 17.5. The van der Waals surface area contributed by atoms with Crippen LogP contribution in [0.2, 0.25) is 0 Å². The zero-order chi connectivity index (χ0) is 57.2. The van der Waals surface area contributed by atoms with Crippen LogP contribution in [-0.2, 0) is 9.31 Å². The van der Waals surface area contributed by atoms with E-state index in [2.05, 4.69) is 145 Å². The van der Waals surface area contributed by atoms with Gasteiger partial charge in [0.15, 0.2) is 34.9 Å². The van der Waals surface area contributed by atoms with Crippen LogP contribution in [-0.4, -0.2) is 58.2 Å². The summed E-state index contributed by atoms with van der Waals surface area (Å²) in [7, 11) is -0.401. The van der Waals surface area contributed by atoms with Gasteiger partial charge in [0, 0.05) is 75.1 Å². The molecule has 84 heavy (non-hydrogen) atoms. The normalized spacial score (nSPS) is 13.4. The first-order valence-corrected chi connectivity index (χ1v) is 30.2. The van der Waals surface area contributed by atoms with Crippen LogP contribution in [0.1, 0.15) is 27.7 Å². The van der Waals surface area contributed by atoms with E-state index in [1.54, 1.807) is 11.3 Å². The maximum absolute atomic E-state index is 6.19. The van der Waals surface area contributed by atoms with Crippen LogP contribution >= 0.6 is 45.3 Å². The Bertz CT molecular complexity index is 4500. The number of nitrogens with zero attached hydrogens (tertiary/aromatic N) is 8. The Labute approximate surface area is 508 Å². The number of pyridine rings is 2. The van der Waals surface area contributed by atoms with E-state index in [0.717, 1.165) is 55.4 Å². The van der Waals surface area contributed by atoms with Gasteiger partial charge in [0.05, 0.1) is 31.6 Å². The summed E-state index contributed by atoms with van der Waals surface area (Å²) >= 11 is 5.97. The van der Waals surface area contributed by atoms with Crippen LogP contribution in [0.3, 0.4) is 0 Å². The van der Waals surface area contributed by atoms with Crippen molar-refractivity contribution in [3.63, 3.8) is 0 Å². The van der Waals surface area contributed by atoms with E-state index in [1.165, 1.54) is 38.7 Å². The Morgan fingerprint density at radius 2 is 0.667 bits per heavy atom. The molecule has 1 aliphatic rings. The highest BCUT2D eigenvalue weighted by Crippen LogP contribution is 2.40. The molecule has 10 nitrogen and oxygen atoms in total. The fraction of sp³-hybridized carbons (Fsp3) is 0.0857. The summed E-state index contributed by atoms with van der Waals surface area (Å²) in [6.45, 7) is 8.23. The summed E-state index contributed by atoms with van der Waals surface area (Å²) in [5.41, 5.74) is 10.4. The second kappa shape index (κ2) is 23.5. The van der Waals surface area contributed by atoms with Crippen molar-refractivity contribution in [1.82, 2.24) is 39.9 Å². The number of thiophene rings is 2. The van der Waals surface area contributed by atoms with Crippen LogP contribution in [0.5, 0.6) is 0 Å². The number of hydrogen-bond acceptors (Lipinski definition) is 12. The maximum atomic E-state index is 6.19. The maximum Gasteiger partial charge on any atom is 0.494 e. The number of rotatable bonds is 8. The van der Waals surface area contributed by atoms with Crippen molar-refractivity contribution in [1.29, 1.82) is 0 Å². The molecule has 0 unspecified atom stereocenters. The number of aromatic nitrogens is 8. The standard InChI is InChI=1S/C32H20N4S.C27H26BN3O2.C11H6INS/c1-3-9-22(10-4-1)30-34-31(23-11-5-2-6-12-23)36-32(35-30)24-17-15-21(16-18-24)25-19-20-33-28-26-13-7-8-14-27(26)37-29(25)28;1-26(2)27(3,4)33-28(32-26)22-17-15-21(16-18-22)25-30-23(19-11-7-5-8-12-19)29-24(31-25)20-13-9-6-10-14-20;12-8-5-6-13-10-7-3-1-2-4-9(7)14-11(8)10/h1-20H;5-18H,1-4H3;1-6H. The van der Waals surface area contributed by atoms with E-state index in [1.807, 2.05) is 169 Å². The lowest BCUT2D eigenvalue weighted by molar-refractivity contribution is 0.00578. The average Bonchev–Trinajstić information content (AvgIpc) is 4.41. The van der Waals surface area contributed by atoms with Gasteiger partial charge in [0.25, 0.3) is 0 Å². The highest BCUT2D eigenvalue weighted by Gasteiger charge is 2.51. The SMILES string of the molecule is CC1(C)OB(c2ccc(-c3nc(-c4ccccc4)nc(-c4ccccc4)n3)cc2)OC1(C)C.Ic1ccnc2c1sc1ccccc12.c1ccc(-c2nc(-c3ccccc3)nc(-c3ccc(-c4ccnc5c4sc4ccccc45)cc3)n2)cc1. The summed E-state index contributed by atoms with van der Waals surface area (Å²) in [5, 5.41) is 2.47. The quantitative estimate of drug-likeness (QED) is 0.107. The molecular weight excluding hydrogens is 1190 g/mol. The first-order chi connectivity index (χ1) is 41.0. The van der Waals surface area contributed by atoms with Crippen molar-refractivity contribution >= 4 is 98.5 Å². The highest BCUT2D eigenvalue weighted by atomic mass is 127. The van der Waals surface area contributed by atoms with Crippen molar-refractivity contribution in [2.75, 3.05) is 0 Å². The first-order valence-electron chi connectivity index (χ1n) is 27.5. The molecule has 14 aromatic rings. The topological polar surface area (TPSA) is 122 Å². The molecule has 15 rings (SSSR count). The molecule has 0 N–H and O–H groups in total. The molecule has 0 aliphatic carbocycles. The van der Waals surface area contributed by atoms with Gasteiger partial charge in [-0.2, -0.15) is 0 Å². The molecule has 6 aromatic heterocycles. The molecule has 1 saturated heterocycles. The lowest BCUT2D eigenvalue weighted by Crippen LogP contribution is -2.41. The minimum atomic E-state index is -0.401. The third kappa shape index (κ3) is 11.3. The lowest BCUT2D eigenvalue weighted by Gasteiger charge is -2.32. The minimum absolute atomic E-state index is 0.375. The van der Waals surface area contributed by atoms with Gasteiger partial charge in [-0.1, -0.05) is 206 Å². The molecule has 7 heterocycles. The molecule has 1 aliphatic heterocycles. The summed E-state index contributed by atoms with van der Waals surface area (Å²) in [6.07, 6.45) is 3.78. The molecule has 0 radical (unpaired) electrons. The van der Waals surface area contributed by atoms with Gasteiger partial charge in [-0.15, -0.1) is 22.7 Å². The van der Waals surface area contributed by atoms with E-state index >= 15 is 0 Å². The second-order valence-electron chi connectivity index (χ2n) is 21.1. The fourth-order valence-corrected chi connectivity index (χ4v) is 12.9.